The number of hydrogen-bond donors (Lipinski definition) is 1. The van der Waals surface area contributed by atoms with Gasteiger partial charge in [0.15, 0.2) is 0 Å². The number of thioether (sulfide) groups is 1. The van der Waals surface area contributed by atoms with E-state index in [1.165, 1.54) is 25.7 Å². The molecule has 0 aromatic carbocycles. The number of nitrogens with zero attached hydrogens (tertiary/aromatic N) is 1. The molecule has 0 aromatic rings. The topological polar surface area (TPSA) is 46.3 Å². The minimum absolute atomic E-state index is 0.0410. The Morgan fingerprint density at radius 2 is 2.06 bits per heavy atom. The summed E-state index contributed by atoms with van der Waals surface area (Å²) < 4.78 is 0. The molecule has 3 nitrogen and oxygen atoms in total. The van der Waals surface area contributed by atoms with E-state index in [4.69, 9.17) is 5.73 Å². The molecule has 17 heavy (non-hydrogen) atoms. The second-order valence-electron chi connectivity index (χ2n) is 5.44. The molecule has 4 heteroatoms. The molecule has 2 N–H and O–H groups in total. The second-order valence-corrected chi connectivity index (χ2v) is 6.79. The zero-order chi connectivity index (χ0) is 12.4. The number of carbonyl (C=O) groups excluding carboxylic acids is 1. The van der Waals surface area contributed by atoms with Crippen LogP contribution >= 0.6 is 11.8 Å². The molecule has 1 amide bonds. The van der Waals surface area contributed by atoms with E-state index in [2.05, 4.69) is 16.7 Å². The van der Waals surface area contributed by atoms with Gasteiger partial charge in [-0.1, -0.05) is 19.8 Å². The summed E-state index contributed by atoms with van der Waals surface area (Å²) in [5.74, 6) is 1.33. The first-order valence-corrected chi connectivity index (χ1v) is 7.84. The Balaban J connectivity index is 2.05. The van der Waals surface area contributed by atoms with Gasteiger partial charge in [-0.25, -0.2) is 0 Å². The fourth-order valence-corrected chi connectivity index (χ4v) is 4.30. The summed E-state index contributed by atoms with van der Waals surface area (Å²) in [6, 6.07) is 0.440. The maximum Gasteiger partial charge on any atom is 0.227 e. The van der Waals surface area contributed by atoms with Crippen LogP contribution in [0.2, 0.25) is 0 Å². The lowest BCUT2D eigenvalue weighted by atomic mass is 9.91. The predicted octanol–water partition coefficient (Wildman–Crippen LogP) is 1.86. The molecular weight excluding hydrogens is 232 g/mol. The van der Waals surface area contributed by atoms with Crippen LogP contribution in [0.3, 0.4) is 0 Å². The lowest BCUT2D eigenvalue weighted by Crippen LogP contribution is -2.54. The van der Waals surface area contributed by atoms with Crippen LogP contribution in [0.5, 0.6) is 0 Å². The van der Waals surface area contributed by atoms with Gasteiger partial charge in [-0.3, -0.25) is 4.79 Å². The maximum absolute atomic E-state index is 12.4. The van der Waals surface area contributed by atoms with Crippen molar-refractivity contribution < 1.29 is 4.79 Å². The normalized spacial score (nSPS) is 32.8. The van der Waals surface area contributed by atoms with Crippen molar-refractivity contribution in [2.24, 2.45) is 11.7 Å². The Bertz CT molecular complexity index is 281. The van der Waals surface area contributed by atoms with Gasteiger partial charge in [0, 0.05) is 29.6 Å². The van der Waals surface area contributed by atoms with Crippen LogP contribution in [0.25, 0.3) is 0 Å². The number of fused-ring (bicyclic) bond motifs is 1. The molecule has 98 valence electrons. The third kappa shape index (κ3) is 2.79. The minimum Gasteiger partial charge on any atom is -0.337 e. The van der Waals surface area contributed by atoms with Gasteiger partial charge in [-0.2, -0.15) is 11.8 Å². The quantitative estimate of drug-likeness (QED) is 0.820. The Morgan fingerprint density at radius 1 is 1.35 bits per heavy atom. The van der Waals surface area contributed by atoms with Crippen molar-refractivity contribution in [1.82, 2.24) is 4.90 Å². The molecule has 2 fully saturated rings. The van der Waals surface area contributed by atoms with Crippen LogP contribution in [0.4, 0.5) is 0 Å². The Kier molecular flexibility index (Phi) is 4.36. The third-order valence-corrected chi connectivity index (χ3v) is 5.59. The zero-order valence-corrected chi connectivity index (χ0v) is 11.7. The van der Waals surface area contributed by atoms with Gasteiger partial charge >= 0.3 is 0 Å². The molecule has 1 heterocycles. The minimum atomic E-state index is -0.0425. The van der Waals surface area contributed by atoms with Gasteiger partial charge in [0.2, 0.25) is 5.91 Å². The summed E-state index contributed by atoms with van der Waals surface area (Å²) in [5.41, 5.74) is 5.86. The highest BCUT2D eigenvalue weighted by atomic mass is 32.2. The van der Waals surface area contributed by atoms with Gasteiger partial charge < -0.3 is 10.6 Å². The molecule has 4 unspecified atom stereocenters. The van der Waals surface area contributed by atoms with Crippen LogP contribution in [-0.4, -0.2) is 40.4 Å². The fourth-order valence-electron chi connectivity index (χ4n) is 2.86. The lowest BCUT2D eigenvalue weighted by molar-refractivity contribution is -0.138. The van der Waals surface area contributed by atoms with Crippen molar-refractivity contribution >= 4 is 17.7 Å². The van der Waals surface area contributed by atoms with Crippen molar-refractivity contribution in [3.8, 4) is 0 Å². The molecule has 1 aliphatic heterocycles. The third-order valence-electron chi connectivity index (χ3n) is 4.19. The van der Waals surface area contributed by atoms with E-state index in [0.29, 0.717) is 11.3 Å². The average Bonchev–Trinajstić information content (AvgIpc) is 2.36. The average molecular weight is 256 g/mol. The molecule has 1 saturated heterocycles. The number of rotatable bonds is 2. The van der Waals surface area contributed by atoms with E-state index < -0.39 is 0 Å². The summed E-state index contributed by atoms with van der Waals surface area (Å²) in [7, 11) is 0. The van der Waals surface area contributed by atoms with Crippen LogP contribution in [0, 0.1) is 5.92 Å². The van der Waals surface area contributed by atoms with Crippen LogP contribution in [0.1, 0.15) is 39.5 Å². The van der Waals surface area contributed by atoms with E-state index in [9.17, 15) is 4.79 Å². The first kappa shape index (κ1) is 13.2. The molecule has 1 aliphatic carbocycles. The molecule has 4 atom stereocenters. The lowest BCUT2D eigenvalue weighted by Gasteiger charge is -2.44. The van der Waals surface area contributed by atoms with Crippen molar-refractivity contribution in [3.05, 3.63) is 0 Å². The molecule has 0 aromatic heterocycles. The first-order valence-electron chi connectivity index (χ1n) is 6.79. The van der Waals surface area contributed by atoms with Gasteiger partial charge in [-0.15, -0.1) is 0 Å². The highest BCUT2D eigenvalue weighted by molar-refractivity contribution is 8.00. The monoisotopic (exact) mass is 256 g/mol. The highest BCUT2D eigenvalue weighted by Crippen LogP contribution is 2.36. The van der Waals surface area contributed by atoms with Crippen LogP contribution in [-0.2, 0) is 4.79 Å². The standard InChI is InChI=1S/C13H24N2OS/c1-9(10(2)14)13(16)15-7-8-17-12-6-4-3-5-11(12)15/h9-12H,3-8,14H2,1-2H3. The summed E-state index contributed by atoms with van der Waals surface area (Å²) in [6.07, 6.45) is 5.08. The molecule has 1 saturated carbocycles. The summed E-state index contributed by atoms with van der Waals surface area (Å²) in [6.45, 7) is 4.81. The van der Waals surface area contributed by atoms with E-state index in [1.54, 1.807) is 0 Å². The number of carbonyl (C=O) groups is 1. The number of amides is 1. The van der Waals surface area contributed by atoms with Crippen LogP contribution in [0.15, 0.2) is 0 Å². The molecule has 0 spiro atoms. The van der Waals surface area contributed by atoms with Crippen molar-refractivity contribution in [2.75, 3.05) is 12.3 Å². The SMILES string of the molecule is CC(N)C(C)C(=O)N1CCSC2CCCCC21. The fraction of sp³-hybridized carbons (Fsp3) is 0.923. The predicted molar refractivity (Wildman–Crippen MR) is 73.0 cm³/mol. The van der Waals surface area contributed by atoms with Gasteiger partial charge in [0.05, 0.1) is 5.92 Å². The van der Waals surface area contributed by atoms with E-state index in [0.717, 1.165) is 12.3 Å². The molecule has 2 aliphatic rings. The smallest absolute Gasteiger partial charge is 0.227 e. The molecule has 2 rings (SSSR count). The van der Waals surface area contributed by atoms with Crippen molar-refractivity contribution in [3.63, 3.8) is 0 Å². The summed E-state index contributed by atoms with van der Waals surface area (Å²) in [4.78, 5) is 14.6. The Hall–Kier alpha value is -0.220. The van der Waals surface area contributed by atoms with Gasteiger partial charge in [-0.05, 0) is 19.8 Å². The highest BCUT2D eigenvalue weighted by Gasteiger charge is 2.37. The zero-order valence-electron chi connectivity index (χ0n) is 10.9. The van der Waals surface area contributed by atoms with E-state index in [1.807, 2.05) is 13.8 Å². The Morgan fingerprint density at radius 3 is 2.76 bits per heavy atom. The van der Waals surface area contributed by atoms with Gasteiger partial charge in [0.25, 0.3) is 0 Å². The van der Waals surface area contributed by atoms with Crippen LogP contribution < -0.4 is 5.73 Å². The molecule has 0 radical (unpaired) electrons. The maximum atomic E-state index is 12.4. The van der Waals surface area contributed by atoms with Crippen molar-refractivity contribution in [2.45, 2.75) is 56.9 Å². The molecular formula is C13H24N2OS. The summed E-state index contributed by atoms with van der Waals surface area (Å²) >= 11 is 2.06. The van der Waals surface area contributed by atoms with Crippen molar-refractivity contribution in [1.29, 1.82) is 0 Å². The van der Waals surface area contributed by atoms with Gasteiger partial charge in [0.1, 0.15) is 0 Å². The largest absolute Gasteiger partial charge is 0.337 e. The second kappa shape index (κ2) is 5.61. The van der Waals surface area contributed by atoms with E-state index in [-0.39, 0.29) is 17.9 Å². The number of nitrogens with two attached hydrogens (primary N) is 1. The molecule has 0 bridgehead atoms. The first-order chi connectivity index (χ1) is 8.11. The summed E-state index contributed by atoms with van der Waals surface area (Å²) in [5, 5.41) is 0.682. The Labute approximate surface area is 108 Å². The van der Waals surface area contributed by atoms with E-state index >= 15 is 0 Å². The number of hydrogen-bond acceptors (Lipinski definition) is 3.